The van der Waals surface area contributed by atoms with Crippen molar-refractivity contribution in [2.75, 3.05) is 0 Å². The number of ether oxygens (including phenoxy) is 2. The van der Waals surface area contributed by atoms with E-state index in [-0.39, 0.29) is 5.79 Å². The van der Waals surface area contributed by atoms with Crippen LogP contribution in [-0.4, -0.2) is 18.0 Å². The maximum atomic E-state index is 5.53. The van der Waals surface area contributed by atoms with Gasteiger partial charge in [0.05, 0.1) is 0 Å². The van der Waals surface area contributed by atoms with Crippen LogP contribution in [0.2, 0.25) is 0 Å². The van der Waals surface area contributed by atoms with Crippen molar-refractivity contribution in [3.63, 3.8) is 0 Å². The summed E-state index contributed by atoms with van der Waals surface area (Å²) in [5.74, 6) is -0.0235. The van der Waals surface area contributed by atoms with Crippen molar-refractivity contribution < 1.29 is 9.47 Å². The molecule has 2 atom stereocenters. The zero-order chi connectivity index (χ0) is 7.31. The molecule has 0 radical (unpaired) electrons. The van der Waals surface area contributed by atoms with Crippen LogP contribution in [0.1, 0.15) is 38.5 Å². The van der Waals surface area contributed by atoms with Crippen molar-refractivity contribution in [2.24, 2.45) is 0 Å². The van der Waals surface area contributed by atoms with Crippen molar-refractivity contribution in [1.29, 1.82) is 0 Å². The monoisotopic (exact) mass is 154 g/mol. The molecule has 1 saturated carbocycles. The largest absolute Gasteiger partial charge is 0.336 e. The lowest BCUT2D eigenvalue weighted by atomic mass is 10.1. The predicted octanol–water partition coefficient (Wildman–Crippen LogP) is 1.83. The third-order valence-corrected chi connectivity index (χ3v) is 3.12. The average Bonchev–Trinajstić information content (AvgIpc) is 2.88. The molecular formula is C9H14O2. The molecule has 3 fully saturated rings. The van der Waals surface area contributed by atoms with Gasteiger partial charge in [0.1, 0.15) is 12.2 Å². The van der Waals surface area contributed by atoms with Crippen molar-refractivity contribution >= 4 is 0 Å². The second kappa shape index (κ2) is 1.99. The first-order valence-electron chi connectivity index (χ1n) is 4.77. The molecule has 11 heavy (non-hydrogen) atoms. The molecule has 0 aromatic carbocycles. The Morgan fingerprint density at radius 1 is 0.818 bits per heavy atom. The maximum absolute atomic E-state index is 5.53. The minimum Gasteiger partial charge on any atom is -0.336 e. The fourth-order valence-electron chi connectivity index (χ4n) is 2.30. The zero-order valence-corrected chi connectivity index (χ0v) is 6.71. The molecule has 2 saturated heterocycles. The van der Waals surface area contributed by atoms with E-state index in [0.717, 1.165) is 0 Å². The lowest BCUT2D eigenvalue weighted by Crippen LogP contribution is -1.98. The molecule has 0 aromatic rings. The van der Waals surface area contributed by atoms with E-state index >= 15 is 0 Å². The third kappa shape index (κ3) is 0.859. The van der Waals surface area contributed by atoms with Gasteiger partial charge in [-0.25, -0.2) is 0 Å². The molecule has 1 aliphatic carbocycles. The molecule has 2 heteroatoms. The van der Waals surface area contributed by atoms with Crippen LogP contribution in [0, 0.1) is 0 Å². The van der Waals surface area contributed by atoms with E-state index in [1.54, 1.807) is 0 Å². The fraction of sp³-hybridized carbons (Fsp3) is 1.00. The van der Waals surface area contributed by atoms with Crippen LogP contribution in [-0.2, 0) is 9.47 Å². The highest BCUT2D eigenvalue weighted by molar-refractivity contribution is 5.11. The molecule has 2 unspecified atom stereocenters. The third-order valence-electron chi connectivity index (χ3n) is 3.12. The fourth-order valence-corrected chi connectivity index (χ4v) is 2.30. The summed E-state index contributed by atoms with van der Waals surface area (Å²) in [4.78, 5) is 0. The Balaban J connectivity index is 1.68. The standard InChI is InChI=1S/C9H14O2/c1-2-4-6-8-9(11-8)7(10-9)5-3-1/h7-8H,1-6H2. The van der Waals surface area contributed by atoms with Gasteiger partial charge in [-0.05, 0) is 12.8 Å². The SMILES string of the molecule is C1CCCC2OC23OC3CC1. The van der Waals surface area contributed by atoms with Gasteiger partial charge in [-0.1, -0.05) is 25.7 Å². The summed E-state index contributed by atoms with van der Waals surface area (Å²) in [7, 11) is 0. The summed E-state index contributed by atoms with van der Waals surface area (Å²) in [6.07, 6.45) is 8.87. The average molecular weight is 154 g/mol. The van der Waals surface area contributed by atoms with Gasteiger partial charge in [-0.3, -0.25) is 0 Å². The highest BCUT2D eigenvalue weighted by Crippen LogP contribution is 2.58. The molecule has 2 heterocycles. The number of hydrogen-bond acceptors (Lipinski definition) is 2. The summed E-state index contributed by atoms with van der Waals surface area (Å²) in [6.45, 7) is 0. The Bertz CT molecular complexity index is 158. The van der Waals surface area contributed by atoms with Crippen LogP contribution in [0.15, 0.2) is 0 Å². The topological polar surface area (TPSA) is 25.1 Å². The molecular weight excluding hydrogens is 140 g/mol. The van der Waals surface area contributed by atoms with Crippen molar-refractivity contribution in [3.05, 3.63) is 0 Å². The Morgan fingerprint density at radius 3 is 1.91 bits per heavy atom. The van der Waals surface area contributed by atoms with Gasteiger partial charge in [0.2, 0.25) is 5.79 Å². The first-order valence-corrected chi connectivity index (χ1v) is 4.77. The Kier molecular flexibility index (Phi) is 1.16. The molecule has 2 aliphatic heterocycles. The number of rotatable bonds is 0. The van der Waals surface area contributed by atoms with Gasteiger partial charge in [0.25, 0.3) is 0 Å². The van der Waals surface area contributed by atoms with Crippen LogP contribution in [0.5, 0.6) is 0 Å². The summed E-state index contributed by atoms with van der Waals surface area (Å²) >= 11 is 0. The van der Waals surface area contributed by atoms with Crippen LogP contribution in [0.25, 0.3) is 0 Å². The van der Waals surface area contributed by atoms with Gasteiger partial charge in [-0.2, -0.15) is 0 Å². The summed E-state index contributed by atoms with van der Waals surface area (Å²) in [6, 6.07) is 0. The highest BCUT2D eigenvalue weighted by atomic mass is 16.9. The van der Waals surface area contributed by atoms with E-state index in [9.17, 15) is 0 Å². The van der Waals surface area contributed by atoms with E-state index in [4.69, 9.17) is 9.47 Å². The van der Waals surface area contributed by atoms with Crippen molar-refractivity contribution in [1.82, 2.24) is 0 Å². The Morgan fingerprint density at radius 2 is 1.36 bits per heavy atom. The van der Waals surface area contributed by atoms with Crippen LogP contribution < -0.4 is 0 Å². The summed E-state index contributed by atoms with van der Waals surface area (Å²) < 4.78 is 11.1. The second-order valence-corrected chi connectivity index (χ2v) is 3.93. The molecule has 0 amide bonds. The molecule has 3 aliphatic rings. The quantitative estimate of drug-likeness (QED) is 0.497. The Hall–Kier alpha value is -0.0800. The van der Waals surface area contributed by atoms with E-state index in [2.05, 4.69) is 0 Å². The van der Waals surface area contributed by atoms with Crippen LogP contribution >= 0.6 is 0 Å². The van der Waals surface area contributed by atoms with Crippen LogP contribution in [0.3, 0.4) is 0 Å². The van der Waals surface area contributed by atoms with E-state index in [1.165, 1.54) is 38.5 Å². The molecule has 2 nitrogen and oxygen atoms in total. The zero-order valence-electron chi connectivity index (χ0n) is 6.71. The predicted molar refractivity (Wildman–Crippen MR) is 40.2 cm³/mol. The van der Waals surface area contributed by atoms with E-state index < -0.39 is 0 Å². The van der Waals surface area contributed by atoms with Gasteiger partial charge >= 0.3 is 0 Å². The minimum absolute atomic E-state index is 0.0235. The first kappa shape index (κ1) is 6.44. The molecule has 0 N–H and O–H groups in total. The van der Waals surface area contributed by atoms with Crippen molar-refractivity contribution in [3.8, 4) is 0 Å². The van der Waals surface area contributed by atoms with Gasteiger partial charge < -0.3 is 9.47 Å². The normalized spacial score (nSPS) is 54.5. The number of hydrogen-bond donors (Lipinski definition) is 0. The molecule has 1 spiro atoms. The number of epoxide rings is 2. The lowest BCUT2D eigenvalue weighted by Gasteiger charge is -1.96. The van der Waals surface area contributed by atoms with Crippen LogP contribution in [0.4, 0.5) is 0 Å². The highest BCUT2D eigenvalue weighted by Gasteiger charge is 2.75. The smallest absolute Gasteiger partial charge is 0.223 e. The molecule has 62 valence electrons. The summed E-state index contributed by atoms with van der Waals surface area (Å²) in [5, 5.41) is 0. The molecule has 0 aromatic heterocycles. The van der Waals surface area contributed by atoms with Crippen molar-refractivity contribution in [2.45, 2.75) is 56.5 Å². The van der Waals surface area contributed by atoms with Gasteiger partial charge in [0.15, 0.2) is 0 Å². The van der Waals surface area contributed by atoms with E-state index in [1.807, 2.05) is 0 Å². The Labute approximate surface area is 66.9 Å². The van der Waals surface area contributed by atoms with Gasteiger partial charge in [-0.15, -0.1) is 0 Å². The lowest BCUT2D eigenvalue weighted by molar-refractivity contribution is 0.246. The maximum Gasteiger partial charge on any atom is 0.223 e. The first-order chi connectivity index (χ1) is 5.42. The molecule has 0 bridgehead atoms. The second-order valence-electron chi connectivity index (χ2n) is 3.93. The van der Waals surface area contributed by atoms with E-state index in [0.29, 0.717) is 12.2 Å². The summed E-state index contributed by atoms with van der Waals surface area (Å²) in [5.41, 5.74) is 0. The minimum atomic E-state index is -0.0235. The van der Waals surface area contributed by atoms with Gasteiger partial charge in [0, 0.05) is 0 Å². The molecule has 3 rings (SSSR count).